The molecular formula is C10H23NO. The van der Waals surface area contributed by atoms with Crippen molar-refractivity contribution in [3.63, 3.8) is 0 Å². The fourth-order valence-corrected chi connectivity index (χ4v) is 1.60. The molecular weight excluding hydrogens is 150 g/mol. The van der Waals surface area contributed by atoms with E-state index in [4.69, 9.17) is 0 Å². The Bertz CT molecular complexity index is 116. The molecule has 2 N–H and O–H groups in total. The Kier molecular flexibility index (Phi) is 5.51. The predicted molar refractivity (Wildman–Crippen MR) is 53.0 cm³/mol. The first-order valence-corrected chi connectivity index (χ1v) is 4.93. The normalized spacial score (nSPS) is 18.8. The van der Waals surface area contributed by atoms with Crippen molar-refractivity contribution in [2.75, 3.05) is 7.05 Å². The van der Waals surface area contributed by atoms with Gasteiger partial charge in [-0.25, -0.2) is 0 Å². The summed E-state index contributed by atoms with van der Waals surface area (Å²) >= 11 is 0. The number of hydrogen-bond acceptors (Lipinski definition) is 2. The summed E-state index contributed by atoms with van der Waals surface area (Å²) in [5.41, 5.74) is 0.303. The van der Waals surface area contributed by atoms with Gasteiger partial charge in [-0.3, -0.25) is 5.32 Å². The Hall–Kier alpha value is -0.0800. The van der Waals surface area contributed by atoms with Gasteiger partial charge < -0.3 is 5.11 Å². The lowest BCUT2D eigenvalue weighted by atomic mass is 9.79. The molecule has 2 heteroatoms. The molecule has 2 nitrogen and oxygen atoms in total. The van der Waals surface area contributed by atoms with E-state index in [0.717, 1.165) is 12.8 Å². The molecule has 0 aromatic heterocycles. The summed E-state index contributed by atoms with van der Waals surface area (Å²) < 4.78 is 0. The average Bonchev–Trinajstić information content (AvgIpc) is 2.05. The molecule has 2 unspecified atom stereocenters. The van der Waals surface area contributed by atoms with E-state index in [1.165, 1.54) is 12.8 Å². The Balaban J connectivity index is 3.94. The lowest BCUT2D eigenvalue weighted by molar-refractivity contribution is 0.0769. The zero-order chi connectivity index (χ0) is 9.61. The third-order valence-corrected chi connectivity index (χ3v) is 2.73. The highest BCUT2D eigenvalue weighted by Crippen LogP contribution is 2.31. The molecule has 0 radical (unpaired) electrons. The largest absolute Gasteiger partial charge is 0.379 e. The maximum Gasteiger partial charge on any atom is 0.105 e. The third kappa shape index (κ3) is 4.07. The summed E-state index contributed by atoms with van der Waals surface area (Å²) in [6.45, 7) is 6.63. The number of aliphatic hydroxyl groups is 1. The van der Waals surface area contributed by atoms with Crippen molar-refractivity contribution in [2.45, 2.75) is 52.7 Å². The maximum absolute atomic E-state index is 9.44. The highest BCUT2D eigenvalue weighted by molar-refractivity contribution is 4.74. The Morgan fingerprint density at radius 2 is 2.00 bits per heavy atom. The van der Waals surface area contributed by atoms with E-state index in [1.54, 1.807) is 7.05 Å². The molecule has 0 aliphatic carbocycles. The minimum atomic E-state index is -0.346. The molecule has 0 heterocycles. The maximum atomic E-state index is 9.44. The quantitative estimate of drug-likeness (QED) is 0.603. The molecule has 0 aliphatic rings. The van der Waals surface area contributed by atoms with Crippen LogP contribution in [0.15, 0.2) is 0 Å². The summed E-state index contributed by atoms with van der Waals surface area (Å²) in [7, 11) is 1.80. The van der Waals surface area contributed by atoms with Crippen LogP contribution in [-0.2, 0) is 0 Å². The van der Waals surface area contributed by atoms with Gasteiger partial charge in [-0.05, 0) is 25.3 Å². The van der Waals surface area contributed by atoms with Crippen molar-refractivity contribution in [2.24, 2.45) is 5.41 Å². The first kappa shape index (κ1) is 11.9. The number of hydrogen-bond donors (Lipinski definition) is 2. The molecule has 0 aromatic carbocycles. The average molecular weight is 173 g/mol. The van der Waals surface area contributed by atoms with E-state index >= 15 is 0 Å². The Morgan fingerprint density at radius 1 is 1.42 bits per heavy atom. The SMILES string of the molecule is CCCC(C)(CC)CC(O)NC. The topological polar surface area (TPSA) is 32.3 Å². The van der Waals surface area contributed by atoms with Crippen molar-refractivity contribution >= 4 is 0 Å². The molecule has 0 spiro atoms. The lowest BCUT2D eigenvalue weighted by Crippen LogP contribution is -2.31. The summed E-state index contributed by atoms with van der Waals surface area (Å²) in [4.78, 5) is 0. The number of aliphatic hydroxyl groups excluding tert-OH is 1. The molecule has 0 amide bonds. The van der Waals surface area contributed by atoms with Crippen molar-refractivity contribution in [3.05, 3.63) is 0 Å². The Morgan fingerprint density at radius 3 is 2.33 bits per heavy atom. The standard InChI is InChI=1S/C10H23NO/c1-5-7-10(3,6-2)8-9(12)11-4/h9,11-12H,5-8H2,1-4H3. The fourth-order valence-electron chi connectivity index (χ4n) is 1.60. The predicted octanol–water partition coefficient (Wildman–Crippen LogP) is 2.13. The van der Waals surface area contributed by atoms with Gasteiger partial charge in [-0.15, -0.1) is 0 Å². The van der Waals surface area contributed by atoms with E-state index in [9.17, 15) is 5.11 Å². The zero-order valence-corrected chi connectivity index (χ0v) is 8.85. The molecule has 0 bridgehead atoms. The molecule has 0 aliphatic heterocycles. The Labute approximate surface area is 76.4 Å². The monoisotopic (exact) mass is 173 g/mol. The van der Waals surface area contributed by atoms with Gasteiger partial charge in [0, 0.05) is 0 Å². The number of nitrogens with one attached hydrogen (secondary N) is 1. The third-order valence-electron chi connectivity index (χ3n) is 2.73. The minimum Gasteiger partial charge on any atom is -0.379 e. The van der Waals surface area contributed by atoms with Gasteiger partial charge in [-0.1, -0.05) is 33.6 Å². The zero-order valence-electron chi connectivity index (χ0n) is 8.85. The first-order chi connectivity index (χ1) is 5.58. The van der Waals surface area contributed by atoms with Crippen molar-refractivity contribution in [1.82, 2.24) is 5.32 Å². The smallest absolute Gasteiger partial charge is 0.105 e. The van der Waals surface area contributed by atoms with Gasteiger partial charge in [0.15, 0.2) is 0 Å². The fraction of sp³-hybridized carbons (Fsp3) is 1.00. The summed E-state index contributed by atoms with van der Waals surface area (Å²) in [5.74, 6) is 0. The van der Waals surface area contributed by atoms with E-state index in [-0.39, 0.29) is 6.23 Å². The van der Waals surface area contributed by atoms with Gasteiger partial charge in [0.2, 0.25) is 0 Å². The summed E-state index contributed by atoms with van der Waals surface area (Å²) in [6, 6.07) is 0. The molecule has 74 valence electrons. The molecule has 0 aromatic rings. The van der Waals surface area contributed by atoms with Crippen LogP contribution in [0.4, 0.5) is 0 Å². The van der Waals surface area contributed by atoms with Gasteiger partial charge in [0.05, 0.1) is 0 Å². The highest BCUT2D eigenvalue weighted by atomic mass is 16.3. The van der Waals surface area contributed by atoms with Crippen LogP contribution in [0.2, 0.25) is 0 Å². The van der Waals surface area contributed by atoms with E-state index in [0.29, 0.717) is 5.41 Å². The second kappa shape index (κ2) is 5.55. The minimum absolute atomic E-state index is 0.303. The van der Waals surface area contributed by atoms with Crippen LogP contribution in [0.5, 0.6) is 0 Å². The van der Waals surface area contributed by atoms with Gasteiger partial charge >= 0.3 is 0 Å². The molecule has 12 heavy (non-hydrogen) atoms. The molecule has 2 atom stereocenters. The van der Waals surface area contributed by atoms with Gasteiger partial charge in [-0.2, -0.15) is 0 Å². The van der Waals surface area contributed by atoms with Crippen LogP contribution in [-0.4, -0.2) is 18.4 Å². The second-order valence-corrected chi connectivity index (χ2v) is 3.92. The van der Waals surface area contributed by atoms with E-state index in [1.807, 2.05) is 0 Å². The summed E-state index contributed by atoms with van der Waals surface area (Å²) in [5, 5.41) is 12.3. The van der Waals surface area contributed by atoms with Crippen LogP contribution in [0, 0.1) is 5.41 Å². The number of rotatable bonds is 6. The van der Waals surface area contributed by atoms with E-state index in [2.05, 4.69) is 26.1 Å². The van der Waals surface area contributed by atoms with Crippen molar-refractivity contribution in [3.8, 4) is 0 Å². The van der Waals surface area contributed by atoms with Gasteiger partial charge in [0.25, 0.3) is 0 Å². The van der Waals surface area contributed by atoms with Crippen LogP contribution in [0.25, 0.3) is 0 Å². The molecule has 0 saturated heterocycles. The van der Waals surface area contributed by atoms with Crippen molar-refractivity contribution < 1.29 is 5.11 Å². The van der Waals surface area contributed by atoms with Crippen LogP contribution in [0.1, 0.15) is 46.5 Å². The molecule has 0 fully saturated rings. The molecule has 0 rings (SSSR count). The van der Waals surface area contributed by atoms with Crippen LogP contribution < -0.4 is 5.32 Å². The van der Waals surface area contributed by atoms with Crippen molar-refractivity contribution in [1.29, 1.82) is 0 Å². The first-order valence-electron chi connectivity index (χ1n) is 4.93. The summed E-state index contributed by atoms with van der Waals surface area (Å²) in [6.07, 6.45) is 4.04. The van der Waals surface area contributed by atoms with Crippen LogP contribution in [0.3, 0.4) is 0 Å². The van der Waals surface area contributed by atoms with E-state index < -0.39 is 0 Å². The lowest BCUT2D eigenvalue weighted by Gasteiger charge is -2.30. The highest BCUT2D eigenvalue weighted by Gasteiger charge is 2.23. The van der Waals surface area contributed by atoms with Gasteiger partial charge in [0.1, 0.15) is 6.23 Å². The second-order valence-electron chi connectivity index (χ2n) is 3.92. The molecule has 0 saturated carbocycles. The van der Waals surface area contributed by atoms with Crippen LogP contribution >= 0.6 is 0 Å².